The molecule has 2 aromatic carbocycles. The maximum atomic E-state index is 11.8. The van der Waals surface area contributed by atoms with E-state index in [1.807, 2.05) is 42.5 Å². The molecule has 0 atom stereocenters. The Bertz CT molecular complexity index is 728. The minimum Gasteiger partial charge on any atom is -0.445 e. The molecule has 0 aromatic heterocycles. The minimum atomic E-state index is -0.389. The highest BCUT2D eigenvalue weighted by Gasteiger charge is 2.05. The standard InChI is InChI=1S/C22H27NO4/c1-18-9-6-12-20(21(18)14-8-16-27-25-2)13-7-15-23-22(24)26-17-19-10-4-3-5-11-19/h3-6,8-12,14H,7,13,15-17H2,1-2H3,(H,23,24)/b14-8+. The van der Waals surface area contributed by atoms with Gasteiger partial charge in [0, 0.05) is 6.54 Å². The summed E-state index contributed by atoms with van der Waals surface area (Å²) < 4.78 is 5.21. The van der Waals surface area contributed by atoms with Gasteiger partial charge in [0.2, 0.25) is 0 Å². The van der Waals surface area contributed by atoms with E-state index in [9.17, 15) is 4.79 Å². The molecule has 0 bridgehead atoms. The summed E-state index contributed by atoms with van der Waals surface area (Å²) in [6.45, 7) is 3.33. The molecule has 0 aliphatic rings. The van der Waals surface area contributed by atoms with E-state index >= 15 is 0 Å². The maximum Gasteiger partial charge on any atom is 0.407 e. The number of alkyl carbamates (subject to hydrolysis) is 1. The molecule has 2 rings (SSSR count). The third-order valence-corrected chi connectivity index (χ3v) is 4.09. The molecule has 0 unspecified atom stereocenters. The van der Waals surface area contributed by atoms with Gasteiger partial charge in [-0.25, -0.2) is 14.6 Å². The molecule has 5 heteroatoms. The van der Waals surface area contributed by atoms with Crippen LogP contribution >= 0.6 is 0 Å². The predicted molar refractivity (Wildman–Crippen MR) is 106 cm³/mol. The summed E-state index contributed by atoms with van der Waals surface area (Å²) in [7, 11) is 1.49. The van der Waals surface area contributed by atoms with Crippen LogP contribution in [-0.2, 0) is 27.5 Å². The van der Waals surface area contributed by atoms with E-state index in [4.69, 9.17) is 9.62 Å². The van der Waals surface area contributed by atoms with Gasteiger partial charge in [-0.05, 0) is 42.0 Å². The fourth-order valence-electron chi connectivity index (χ4n) is 2.71. The van der Waals surface area contributed by atoms with Crippen molar-refractivity contribution in [2.45, 2.75) is 26.4 Å². The second-order valence-electron chi connectivity index (χ2n) is 6.09. The van der Waals surface area contributed by atoms with Crippen molar-refractivity contribution in [3.8, 4) is 0 Å². The van der Waals surface area contributed by atoms with Gasteiger partial charge in [-0.15, -0.1) is 0 Å². The maximum absolute atomic E-state index is 11.8. The summed E-state index contributed by atoms with van der Waals surface area (Å²) in [6.07, 6.45) is 5.28. The lowest BCUT2D eigenvalue weighted by Gasteiger charge is -2.10. The van der Waals surface area contributed by atoms with E-state index in [0.717, 1.165) is 18.4 Å². The first-order valence-corrected chi connectivity index (χ1v) is 9.06. The smallest absolute Gasteiger partial charge is 0.407 e. The molecular formula is C22H27NO4. The number of hydrogen-bond donors (Lipinski definition) is 1. The van der Waals surface area contributed by atoms with Crippen LogP contribution in [0.25, 0.3) is 6.08 Å². The molecule has 0 aliphatic carbocycles. The molecule has 2 aromatic rings. The van der Waals surface area contributed by atoms with Crippen LogP contribution in [0.4, 0.5) is 4.79 Å². The van der Waals surface area contributed by atoms with Crippen LogP contribution in [0.15, 0.2) is 54.6 Å². The van der Waals surface area contributed by atoms with Crippen molar-refractivity contribution >= 4 is 12.2 Å². The first-order valence-electron chi connectivity index (χ1n) is 9.06. The molecule has 1 amide bonds. The number of hydrogen-bond acceptors (Lipinski definition) is 4. The first-order chi connectivity index (χ1) is 13.2. The number of aryl methyl sites for hydroxylation is 2. The SMILES string of the molecule is COOC/C=C/c1c(C)cccc1CCCNC(=O)OCc1ccccc1. The highest BCUT2D eigenvalue weighted by molar-refractivity contribution is 5.67. The van der Waals surface area contributed by atoms with Gasteiger partial charge in [0.05, 0.1) is 7.11 Å². The zero-order valence-corrected chi connectivity index (χ0v) is 15.9. The lowest BCUT2D eigenvalue weighted by atomic mass is 9.98. The number of rotatable bonds is 10. The summed E-state index contributed by atoms with van der Waals surface area (Å²) in [5.74, 6) is 0. The average molecular weight is 369 g/mol. The highest BCUT2D eigenvalue weighted by atomic mass is 17.2. The van der Waals surface area contributed by atoms with Crippen molar-refractivity contribution in [3.05, 3.63) is 76.9 Å². The Morgan fingerprint density at radius 1 is 1.11 bits per heavy atom. The first kappa shape index (κ1) is 20.7. The van der Waals surface area contributed by atoms with Crippen molar-refractivity contribution in [3.63, 3.8) is 0 Å². The molecule has 0 heterocycles. The molecule has 144 valence electrons. The summed E-state index contributed by atoms with van der Waals surface area (Å²) in [6, 6.07) is 15.9. The number of carbonyl (C=O) groups is 1. The number of amides is 1. The van der Waals surface area contributed by atoms with Gasteiger partial charge in [-0.1, -0.05) is 60.7 Å². The number of ether oxygens (including phenoxy) is 1. The third-order valence-electron chi connectivity index (χ3n) is 4.09. The van der Waals surface area contributed by atoms with E-state index in [1.165, 1.54) is 23.8 Å². The van der Waals surface area contributed by atoms with Gasteiger partial charge in [0.15, 0.2) is 0 Å². The zero-order chi connectivity index (χ0) is 19.3. The van der Waals surface area contributed by atoms with Crippen LogP contribution in [0.3, 0.4) is 0 Å². The summed E-state index contributed by atoms with van der Waals surface area (Å²) in [5, 5.41) is 2.80. The van der Waals surface area contributed by atoms with Crippen LogP contribution in [-0.4, -0.2) is 26.4 Å². The molecule has 0 saturated carbocycles. The molecule has 0 aliphatic heterocycles. The quantitative estimate of drug-likeness (QED) is 0.382. The molecule has 1 N–H and O–H groups in total. The Morgan fingerprint density at radius 2 is 1.93 bits per heavy atom. The summed E-state index contributed by atoms with van der Waals surface area (Å²) in [4.78, 5) is 21.2. The van der Waals surface area contributed by atoms with Crippen molar-refractivity contribution in [1.82, 2.24) is 5.32 Å². The fraction of sp³-hybridized carbons (Fsp3) is 0.318. The summed E-state index contributed by atoms with van der Waals surface area (Å²) >= 11 is 0. The third kappa shape index (κ3) is 7.64. The van der Waals surface area contributed by atoms with Crippen LogP contribution < -0.4 is 5.32 Å². The Balaban J connectivity index is 1.75. The fourth-order valence-corrected chi connectivity index (χ4v) is 2.71. The summed E-state index contributed by atoms with van der Waals surface area (Å²) in [5.41, 5.74) is 4.60. The molecule has 5 nitrogen and oxygen atoms in total. The van der Waals surface area contributed by atoms with E-state index in [1.54, 1.807) is 0 Å². The van der Waals surface area contributed by atoms with E-state index in [-0.39, 0.29) is 12.7 Å². The van der Waals surface area contributed by atoms with Gasteiger partial charge >= 0.3 is 6.09 Å². The lowest BCUT2D eigenvalue weighted by molar-refractivity contribution is -0.263. The van der Waals surface area contributed by atoms with Crippen LogP contribution in [0.2, 0.25) is 0 Å². The van der Waals surface area contributed by atoms with Gasteiger partial charge in [-0.3, -0.25) is 0 Å². The van der Waals surface area contributed by atoms with E-state index < -0.39 is 0 Å². The number of carbonyl (C=O) groups excluding carboxylic acids is 1. The Labute approximate surface area is 160 Å². The Morgan fingerprint density at radius 3 is 2.70 bits per heavy atom. The second-order valence-corrected chi connectivity index (χ2v) is 6.09. The van der Waals surface area contributed by atoms with Crippen LogP contribution in [0, 0.1) is 6.92 Å². The number of nitrogens with one attached hydrogen (secondary N) is 1. The predicted octanol–water partition coefficient (Wildman–Crippen LogP) is 4.45. The lowest BCUT2D eigenvalue weighted by Crippen LogP contribution is -2.25. The molecule has 0 spiro atoms. The van der Waals surface area contributed by atoms with E-state index in [0.29, 0.717) is 13.2 Å². The Hall–Kier alpha value is -2.63. The van der Waals surface area contributed by atoms with E-state index in [2.05, 4.69) is 35.3 Å². The zero-order valence-electron chi connectivity index (χ0n) is 15.9. The Kier molecular flexibility index (Phi) is 9.10. The van der Waals surface area contributed by atoms with Gasteiger partial charge in [0.25, 0.3) is 0 Å². The van der Waals surface area contributed by atoms with Crippen molar-refractivity contribution in [2.75, 3.05) is 20.3 Å². The largest absolute Gasteiger partial charge is 0.445 e. The van der Waals surface area contributed by atoms with Crippen LogP contribution in [0.5, 0.6) is 0 Å². The van der Waals surface area contributed by atoms with Gasteiger partial charge in [0.1, 0.15) is 13.2 Å². The molecular weight excluding hydrogens is 342 g/mol. The molecule has 0 saturated heterocycles. The van der Waals surface area contributed by atoms with Crippen molar-refractivity contribution in [1.29, 1.82) is 0 Å². The normalized spacial score (nSPS) is 10.9. The van der Waals surface area contributed by atoms with Gasteiger partial charge < -0.3 is 10.1 Å². The molecule has 0 radical (unpaired) electrons. The highest BCUT2D eigenvalue weighted by Crippen LogP contribution is 2.17. The topological polar surface area (TPSA) is 56.8 Å². The molecule has 27 heavy (non-hydrogen) atoms. The average Bonchev–Trinajstić information content (AvgIpc) is 2.69. The van der Waals surface area contributed by atoms with Crippen molar-refractivity contribution < 1.29 is 19.3 Å². The van der Waals surface area contributed by atoms with Gasteiger partial charge in [-0.2, -0.15) is 0 Å². The second kappa shape index (κ2) is 11.9. The molecule has 0 fully saturated rings. The number of benzene rings is 2. The monoisotopic (exact) mass is 369 g/mol. The van der Waals surface area contributed by atoms with Crippen LogP contribution in [0.1, 0.15) is 28.7 Å². The minimum absolute atomic E-state index is 0.281. The van der Waals surface area contributed by atoms with Crippen molar-refractivity contribution in [2.24, 2.45) is 0 Å².